The van der Waals surface area contributed by atoms with Crippen molar-refractivity contribution >= 4 is 50.5 Å². The third-order valence-corrected chi connectivity index (χ3v) is 3.84. The fourth-order valence-electron chi connectivity index (χ4n) is 1.83. The Labute approximate surface area is 127 Å². The summed E-state index contributed by atoms with van der Waals surface area (Å²) in [4.78, 5) is 0. The number of halogens is 3. The highest BCUT2D eigenvalue weighted by Gasteiger charge is 2.16. The standard InChI is InChI=1S/C12H7BrCl2N4/c13-6-1-4-9-17-18-12(19(9)5-6)10-7(14)2-3-8(15)11(10)16/h1-5H,16H2. The Bertz CT molecular complexity index is 785. The van der Waals surface area contributed by atoms with E-state index in [1.165, 1.54) is 0 Å². The smallest absolute Gasteiger partial charge is 0.172 e. The van der Waals surface area contributed by atoms with Crippen molar-refractivity contribution in [3.8, 4) is 11.4 Å². The Balaban J connectivity index is 2.37. The lowest BCUT2D eigenvalue weighted by atomic mass is 10.1. The van der Waals surface area contributed by atoms with Gasteiger partial charge in [-0.3, -0.25) is 4.40 Å². The van der Waals surface area contributed by atoms with Crippen molar-refractivity contribution in [1.29, 1.82) is 0 Å². The number of hydrogen-bond acceptors (Lipinski definition) is 3. The van der Waals surface area contributed by atoms with Gasteiger partial charge in [-0.1, -0.05) is 23.2 Å². The molecule has 4 nitrogen and oxygen atoms in total. The lowest BCUT2D eigenvalue weighted by molar-refractivity contribution is 1.11. The molecule has 2 aromatic heterocycles. The van der Waals surface area contributed by atoms with Gasteiger partial charge in [0.25, 0.3) is 0 Å². The van der Waals surface area contributed by atoms with Crippen LogP contribution < -0.4 is 5.73 Å². The van der Waals surface area contributed by atoms with Crippen LogP contribution in [0.4, 0.5) is 5.69 Å². The first kappa shape index (κ1) is 12.7. The Morgan fingerprint density at radius 2 is 1.79 bits per heavy atom. The van der Waals surface area contributed by atoms with Crippen molar-refractivity contribution in [3.63, 3.8) is 0 Å². The van der Waals surface area contributed by atoms with Crippen molar-refractivity contribution < 1.29 is 0 Å². The van der Waals surface area contributed by atoms with Gasteiger partial charge in [-0.05, 0) is 40.2 Å². The summed E-state index contributed by atoms with van der Waals surface area (Å²) < 4.78 is 2.70. The number of rotatable bonds is 1. The Hall–Kier alpha value is -1.30. The molecule has 7 heteroatoms. The predicted molar refractivity (Wildman–Crippen MR) is 80.6 cm³/mol. The van der Waals surface area contributed by atoms with Gasteiger partial charge in [0.05, 0.1) is 21.3 Å². The maximum atomic E-state index is 6.20. The molecule has 0 amide bonds. The first-order chi connectivity index (χ1) is 9.08. The van der Waals surface area contributed by atoms with Crippen LogP contribution in [0.2, 0.25) is 10.0 Å². The zero-order chi connectivity index (χ0) is 13.6. The molecule has 0 saturated carbocycles. The van der Waals surface area contributed by atoms with Gasteiger partial charge in [0.1, 0.15) is 0 Å². The number of nitrogens with two attached hydrogens (primary N) is 1. The molecule has 0 aliphatic heterocycles. The summed E-state index contributed by atoms with van der Waals surface area (Å²) in [6, 6.07) is 7.07. The number of anilines is 1. The quantitative estimate of drug-likeness (QED) is 0.668. The van der Waals surface area contributed by atoms with Crippen LogP contribution >= 0.6 is 39.1 Å². The van der Waals surface area contributed by atoms with Gasteiger partial charge in [0.2, 0.25) is 0 Å². The van der Waals surface area contributed by atoms with E-state index in [0.29, 0.717) is 32.8 Å². The van der Waals surface area contributed by atoms with E-state index in [0.717, 1.165) is 4.47 Å². The van der Waals surface area contributed by atoms with Gasteiger partial charge in [0.15, 0.2) is 11.5 Å². The second kappa shape index (κ2) is 4.67. The molecule has 3 rings (SSSR count). The highest BCUT2D eigenvalue weighted by molar-refractivity contribution is 9.10. The fraction of sp³-hybridized carbons (Fsp3) is 0. The van der Waals surface area contributed by atoms with Gasteiger partial charge in [-0.2, -0.15) is 0 Å². The van der Waals surface area contributed by atoms with Crippen molar-refractivity contribution in [1.82, 2.24) is 14.6 Å². The van der Waals surface area contributed by atoms with Gasteiger partial charge >= 0.3 is 0 Å². The molecular formula is C12H7BrCl2N4. The Morgan fingerprint density at radius 3 is 2.58 bits per heavy atom. The number of nitrogens with zero attached hydrogens (tertiary/aromatic N) is 3. The van der Waals surface area contributed by atoms with Crippen LogP contribution in [0, 0.1) is 0 Å². The number of hydrogen-bond donors (Lipinski definition) is 1. The largest absolute Gasteiger partial charge is 0.397 e. The first-order valence-corrected chi connectivity index (χ1v) is 6.87. The Morgan fingerprint density at radius 1 is 1.05 bits per heavy atom. The fourth-order valence-corrected chi connectivity index (χ4v) is 2.57. The predicted octanol–water partition coefficient (Wildman–Crippen LogP) is 4.05. The molecule has 0 aliphatic rings. The molecular weight excluding hydrogens is 351 g/mol. The summed E-state index contributed by atoms with van der Waals surface area (Å²) >= 11 is 15.6. The molecule has 0 bridgehead atoms. The normalized spacial score (nSPS) is 11.1. The zero-order valence-corrected chi connectivity index (χ0v) is 12.5. The van der Waals surface area contributed by atoms with Gasteiger partial charge in [0, 0.05) is 10.7 Å². The van der Waals surface area contributed by atoms with Crippen LogP contribution in [-0.2, 0) is 0 Å². The van der Waals surface area contributed by atoms with Crippen molar-refractivity contribution in [2.45, 2.75) is 0 Å². The summed E-state index contributed by atoms with van der Waals surface area (Å²) in [5.41, 5.74) is 7.67. The summed E-state index contributed by atoms with van der Waals surface area (Å²) in [5, 5.41) is 9.14. The number of aromatic nitrogens is 3. The van der Waals surface area contributed by atoms with Crippen LogP contribution in [0.5, 0.6) is 0 Å². The van der Waals surface area contributed by atoms with E-state index in [1.54, 1.807) is 16.5 Å². The molecule has 3 aromatic rings. The van der Waals surface area contributed by atoms with E-state index in [4.69, 9.17) is 28.9 Å². The molecule has 0 aliphatic carbocycles. The summed E-state index contributed by atoms with van der Waals surface area (Å²) in [5.74, 6) is 0.557. The number of benzene rings is 1. The van der Waals surface area contributed by atoms with Crippen molar-refractivity contribution in [2.75, 3.05) is 5.73 Å². The average molecular weight is 358 g/mol. The Kier molecular flexibility index (Phi) is 3.12. The molecule has 0 atom stereocenters. The summed E-state index contributed by atoms with van der Waals surface area (Å²) in [6.45, 7) is 0. The molecule has 96 valence electrons. The van der Waals surface area contributed by atoms with E-state index in [2.05, 4.69) is 26.1 Å². The van der Waals surface area contributed by atoms with E-state index >= 15 is 0 Å². The number of fused-ring (bicyclic) bond motifs is 1. The van der Waals surface area contributed by atoms with E-state index in [9.17, 15) is 0 Å². The van der Waals surface area contributed by atoms with Gasteiger partial charge in [-0.25, -0.2) is 0 Å². The highest BCUT2D eigenvalue weighted by Crippen LogP contribution is 2.36. The SMILES string of the molecule is Nc1c(Cl)ccc(Cl)c1-c1nnc2ccc(Br)cn12. The van der Waals surface area contributed by atoms with Crippen molar-refractivity contribution in [3.05, 3.63) is 45.0 Å². The van der Waals surface area contributed by atoms with Crippen LogP contribution in [0.1, 0.15) is 0 Å². The van der Waals surface area contributed by atoms with Crippen LogP contribution in [0.25, 0.3) is 17.0 Å². The number of pyridine rings is 1. The monoisotopic (exact) mass is 356 g/mol. The van der Waals surface area contributed by atoms with Crippen LogP contribution in [-0.4, -0.2) is 14.6 Å². The van der Waals surface area contributed by atoms with E-state index in [-0.39, 0.29) is 0 Å². The van der Waals surface area contributed by atoms with E-state index in [1.807, 2.05) is 18.3 Å². The molecule has 2 heterocycles. The molecule has 0 saturated heterocycles. The van der Waals surface area contributed by atoms with Crippen LogP contribution in [0.15, 0.2) is 34.9 Å². The maximum Gasteiger partial charge on any atom is 0.172 e. The average Bonchev–Trinajstić information content (AvgIpc) is 2.78. The number of nitrogen functional groups attached to an aromatic ring is 1. The van der Waals surface area contributed by atoms with E-state index < -0.39 is 0 Å². The molecule has 0 fully saturated rings. The molecule has 0 radical (unpaired) electrons. The minimum Gasteiger partial charge on any atom is -0.397 e. The molecule has 19 heavy (non-hydrogen) atoms. The lowest BCUT2D eigenvalue weighted by Gasteiger charge is -2.08. The third kappa shape index (κ3) is 2.08. The first-order valence-electron chi connectivity index (χ1n) is 5.32. The summed E-state index contributed by atoms with van der Waals surface area (Å²) in [7, 11) is 0. The lowest BCUT2D eigenvalue weighted by Crippen LogP contribution is -1.96. The molecule has 0 spiro atoms. The highest BCUT2D eigenvalue weighted by atomic mass is 79.9. The minimum absolute atomic E-state index is 0.392. The summed E-state index contributed by atoms with van der Waals surface area (Å²) in [6.07, 6.45) is 1.85. The second-order valence-electron chi connectivity index (χ2n) is 3.92. The molecule has 2 N–H and O–H groups in total. The second-order valence-corrected chi connectivity index (χ2v) is 5.65. The third-order valence-electron chi connectivity index (χ3n) is 2.73. The topological polar surface area (TPSA) is 56.2 Å². The van der Waals surface area contributed by atoms with Crippen LogP contribution in [0.3, 0.4) is 0 Å². The molecule has 1 aromatic carbocycles. The minimum atomic E-state index is 0.392. The zero-order valence-electron chi connectivity index (χ0n) is 9.44. The van der Waals surface area contributed by atoms with Gasteiger partial charge in [-0.15, -0.1) is 10.2 Å². The maximum absolute atomic E-state index is 6.20. The molecule has 0 unspecified atom stereocenters. The van der Waals surface area contributed by atoms with Crippen molar-refractivity contribution in [2.24, 2.45) is 0 Å². The van der Waals surface area contributed by atoms with Gasteiger partial charge < -0.3 is 5.73 Å².